The van der Waals surface area contributed by atoms with Gasteiger partial charge in [0.05, 0.1) is 11.5 Å². The Morgan fingerprint density at radius 2 is 1.38 bits per heavy atom. The summed E-state index contributed by atoms with van der Waals surface area (Å²) < 4.78 is 61.0. The van der Waals surface area contributed by atoms with Gasteiger partial charge in [-0.05, 0) is 115 Å². The van der Waals surface area contributed by atoms with Crippen molar-refractivity contribution in [1.29, 1.82) is 0 Å². The van der Waals surface area contributed by atoms with E-state index in [-0.39, 0.29) is 23.3 Å². The van der Waals surface area contributed by atoms with Crippen molar-refractivity contribution in [2.24, 2.45) is 17.0 Å². The normalized spacial score (nSPS) is 15.1. The number of sulfonamides is 1. The number of hydrogen-bond donors (Lipinski definition) is 3. The number of ether oxygens (including phenoxy) is 1. The van der Waals surface area contributed by atoms with Crippen LogP contribution in [0.1, 0.15) is 72.0 Å². The molecule has 15 heteroatoms. The van der Waals surface area contributed by atoms with Crippen LogP contribution >= 0.6 is 0 Å². The highest BCUT2D eigenvalue weighted by molar-refractivity contribution is 7.89. The van der Waals surface area contributed by atoms with Crippen molar-refractivity contribution in [3.05, 3.63) is 125 Å². The SMILES string of the molecule is NS(=O)(=O)c1ccc(CCN(Cc2cccc(-c3cccc(C(=O)N4CCC(CCCC5CCNCC5)CC4)c3)c2)C(=O)COCc2ccccc2)cc1.O=C(O)C(F)(F)F. The van der Waals surface area contributed by atoms with Crippen LogP contribution in [0.2, 0.25) is 0 Å². The first kappa shape index (κ1) is 47.0. The van der Waals surface area contributed by atoms with E-state index in [0.717, 1.165) is 72.8 Å². The zero-order valence-corrected chi connectivity index (χ0v) is 35.0. The van der Waals surface area contributed by atoms with E-state index >= 15 is 0 Å². The first-order valence-corrected chi connectivity index (χ1v) is 22.2. The molecule has 0 atom stereocenters. The maximum absolute atomic E-state index is 13.7. The summed E-state index contributed by atoms with van der Waals surface area (Å²) in [5, 5.41) is 15.9. The van der Waals surface area contributed by atoms with Crippen molar-refractivity contribution in [2.75, 3.05) is 39.3 Å². The van der Waals surface area contributed by atoms with Gasteiger partial charge >= 0.3 is 12.1 Å². The molecule has 2 amide bonds. The first-order valence-electron chi connectivity index (χ1n) is 20.7. The molecule has 0 radical (unpaired) electrons. The molecule has 61 heavy (non-hydrogen) atoms. The summed E-state index contributed by atoms with van der Waals surface area (Å²) in [5.41, 5.74) is 5.45. The number of likely N-dealkylation sites (tertiary alicyclic amines) is 1. The number of aliphatic carboxylic acids is 1. The van der Waals surface area contributed by atoms with Gasteiger partial charge in [0.25, 0.3) is 5.91 Å². The highest BCUT2D eigenvalue weighted by atomic mass is 32.2. The van der Waals surface area contributed by atoms with Gasteiger partial charge in [-0.2, -0.15) is 13.2 Å². The number of carbonyl (C=O) groups excluding carboxylic acids is 2. The zero-order valence-electron chi connectivity index (χ0n) is 34.2. The van der Waals surface area contributed by atoms with E-state index in [1.807, 2.05) is 77.7 Å². The molecule has 0 unspecified atom stereocenters. The number of amides is 2. The molecule has 2 aliphatic rings. The van der Waals surface area contributed by atoms with Crippen molar-refractivity contribution in [1.82, 2.24) is 15.1 Å². The Morgan fingerprint density at radius 1 is 0.787 bits per heavy atom. The molecule has 0 bridgehead atoms. The van der Waals surface area contributed by atoms with E-state index in [1.54, 1.807) is 17.0 Å². The van der Waals surface area contributed by atoms with E-state index in [9.17, 15) is 31.2 Å². The number of halogens is 3. The lowest BCUT2D eigenvalue weighted by Gasteiger charge is -2.32. The van der Waals surface area contributed by atoms with Crippen LogP contribution in [0.3, 0.4) is 0 Å². The number of nitrogens with one attached hydrogen (secondary N) is 1. The van der Waals surface area contributed by atoms with Crippen molar-refractivity contribution < 1.29 is 45.8 Å². The summed E-state index contributed by atoms with van der Waals surface area (Å²) in [6.07, 6.45) is 4.12. The highest BCUT2D eigenvalue weighted by Gasteiger charge is 2.38. The number of primary sulfonamides is 1. The first-order chi connectivity index (χ1) is 29.2. The fraction of sp³-hybridized carbons (Fsp3) is 0.413. The standard InChI is InChI=1S/C44H54N4O5S.C2HF3O2/c45-54(51,52)42-17-15-36(16-18-42)23-28-48(43(49)33-53-32-37-7-2-1-3-8-37)31-38-11-5-12-39(29-38)40-13-6-14-41(30-40)44(50)47-26-21-35(22-27-47)10-4-9-34-19-24-46-25-20-34;3-2(4,5)1(6)7/h1-3,5-8,11-18,29-30,34-35,46H,4,9-10,19-28,31-33H2,(H2,45,51,52);(H,6,7). The number of alkyl halides is 3. The predicted molar refractivity (Wildman–Crippen MR) is 227 cm³/mol. The minimum Gasteiger partial charge on any atom is -0.475 e. The summed E-state index contributed by atoms with van der Waals surface area (Å²) in [6.45, 7) is 4.98. The van der Waals surface area contributed by atoms with Crippen LogP contribution in [-0.2, 0) is 43.9 Å². The van der Waals surface area contributed by atoms with Gasteiger partial charge in [0.1, 0.15) is 6.61 Å². The van der Waals surface area contributed by atoms with Crippen LogP contribution in [0.25, 0.3) is 11.1 Å². The lowest BCUT2D eigenvalue weighted by atomic mass is 9.87. The van der Waals surface area contributed by atoms with Gasteiger partial charge in [0, 0.05) is 31.7 Å². The number of piperidine rings is 2. The Balaban J connectivity index is 0.000000925. The van der Waals surface area contributed by atoms with Crippen LogP contribution in [0.15, 0.2) is 108 Å². The highest BCUT2D eigenvalue weighted by Crippen LogP contribution is 2.28. The number of carboxylic acids is 1. The molecule has 0 spiro atoms. The Morgan fingerprint density at radius 3 is 2.00 bits per heavy atom. The van der Waals surface area contributed by atoms with Gasteiger partial charge in [-0.15, -0.1) is 0 Å². The number of nitrogens with two attached hydrogens (primary N) is 1. The largest absolute Gasteiger partial charge is 0.490 e. The van der Waals surface area contributed by atoms with E-state index in [4.69, 9.17) is 19.8 Å². The van der Waals surface area contributed by atoms with E-state index in [2.05, 4.69) is 11.4 Å². The smallest absolute Gasteiger partial charge is 0.475 e. The topological polar surface area (TPSA) is 159 Å². The molecule has 0 saturated carbocycles. The summed E-state index contributed by atoms with van der Waals surface area (Å²) in [6, 6.07) is 32.1. The van der Waals surface area contributed by atoms with Crippen molar-refractivity contribution in [2.45, 2.75) is 75.6 Å². The van der Waals surface area contributed by atoms with Crippen LogP contribution in [-0.4, -0.2) is 86.6 Å². The van der Waals surface area contributed by atoms with Gasteiger partial charge in [0.15, 0.2) is 0 Å². The fourth-order valence-corrected chi connectivity index (χ4v) is 8.21. The Hall–Kier alpha value is -5.09. The predicted octanol–water partition coefficient (Wildman–Crippen LogP) is 7.44. The van der Waals surface area contributed by atoms with Crippen molar-refractivity contribution >= 4 is 27.8 Å². The molecule has 2 heterocycles. The van der Waals surface area contributed by atoms with E-state index < -0.39 is 22.2 Å². The van der Waals surface area contributed by atoms with E-state index in [0.29, 0.717) is 37.6 Å². The second kappa shape index (κ2) is 22.7. The maximum atomic E-state index is 13.7. The minimum atomic E-state index is -5.08. The fourth-order valence-electron chi connectivity index (χ4n) is 7.70. The molecule has 4 N–H and O–H groups in total. The molecule has 328 valence electrons. The molecule has 0 aliphatic carbocycles. The molecule has 4 aromatic rings. The quantitative estimate of drug-likeness (QED) is 0.105. The second-order valence-electron chi connectivity index (χ2n) is 15.7. The number of rotatable bonds is 16. The average molecular weight is 865 g/mol. The molecule has 0 aromatic heterocycles. The van der Waals surface area contributed by atoms with Crippen molar-refractivity contribution in [3.8, 4) is 11.1 Å². The van der Waals surface area contributed by atoms with Crippen LogP contribution in [0.5, 0.6) is 0 Å². The summed E-state index contributed by atoms with van der Waals surface area (Å²) >= 11 is 0. The number of benzene rings is 4. The Bertz CT molecular complexity index is 2140. The van der Waals surface area contributed by atoms with Gasteiger partial charge in [-0.25, -0.2) is 18.4 Å². The van der Waals surface area contributed by atoms with Crippen molar-refractivity contribution in [3.63, 3.8) is 0 Å². The lowest BCUT2D eigenvalue weighted by molar-refractivity contribution is -0.192. The monoisotopic (exact) mass is 864 g/mol. The molecule has 11 nitrogen and oxygen atoms in total. The molecular formula is C46H55F3N4O7S. The summed E-state index contributed by atoms with van der Waals surface area (Å²) in [7, 11) is -3.79. The van der Waals surface area contributed by atoms with Gasteiger partial charge in [0.2, 0.25) is 15.9 Å². The van der Waals surface area contributed by atoms with E-state index in [1.165, 1.54) is 44.2 Å². The summed E-state index contributed by atoms with van der Waals surface area (Å²) in [5.74, 6) is -1.22. The maximum Gasteiger partial charge on any atom is 0.490 e. The van der Waals surface area contributed by atoms with Crippen LogP contribution < -0.4 is 10.5 Å². The van der Waals surface area contributed by atoms with Gasteiger partial charge in [-0.3, -0.25) is 9.59 Å². The number of carboxylic acid groups (broad SMARTS) is 1. The minimum absolute atomic E-state index is 0.0503. The number of carbonyl (C=O) groups is 3. The number of nitrogens with zero attached hydrogens (tertiary/aromatic N) is 2. The third-order valence-electron chi connectivity index (χ3n) is 11.2. The third-order valence-corrected chi connectivity index (χ3v) is 12.1. The molecule has 2 saturated heterocycles. The van der Waals surface area contributed by atoms with Gasteiger partial charge in [-0.1, -0.05) is 92.1 Å². The molecule has 4 aromatic carbocycles. The molecule has 2 aliphatic heterocycles. The molecular weight excluding hydrogens is 810 g/mol. The Labute approximate surface area is 356 Å². The zero-order chi connectivity index (χ0) is 43.8. The second-order valence-corrected chi connectivity index (χ2v) is 17.2. The third kappa shape index (κ3) is 15.4. The van der Waals surface area contributed by atoms with Crippen LogP contribution in [0, 0.1) is 11.8 Å². The molecule has 2 fully saturated rings. The number of hydrogen-bond acceptors (Lipinski definition) is 7. The lowest BCUT2D eigenvalue weighted by Crippen LogP contribution is -2.38. The van der Waals surface area contributed by atoms with Crippen LogP contribution in [0.4, 0.5) is 13.2 Å². The van der Waals surface area contributed by atoms with Gasteiger partial charge < -0.3 is 25.0 Å². The Kier molecular flexibility index (Phi) is 17.5. The molecule has 6 rings (SSSR count). The summed E-state index contributed by atoms with van der Waals surface area (Å²) in [4.78, 5) is 40.0. The average Bonchev–Trinajstić information content (AvgIpc) is 3.25.